The van der Waals surface area contributed by atoms with E-state index < -0.39 is 0 Å². The van der Waals surface area contributed by atoms with Crippen molar-refractivity contribution in [3.05, 3.63) is 60.6 Å². The SMILES string of the molecule is COCCCn1c(SCC(=O)Nc2cccc3ccccc23)nnc1-c1ccoc1C. The predicted molar refractivity (Wildman–Crippen MR) is 122 cm³/mol. The van der Waals surface area contributed by atoms with Crippen molar-refractivity contribution >= 4 is 34.1 Å². The average molecular weight is 437 g/mol. The van der Waals surface area contributed by atoms with Gasteiger partial charge in [-0.1, -0.05) is 48.2 Å². The normalized spacial score (nSPS) is 11.2. The van der Waals surface area contributed by atoms with Crippen molar-refractivity contribution in [2.24, 2.45) is 0 Å². The van der Waals surface area contributed by atoms with E-state index >= 15 is 0 Å². The summed E-state index contributed by atoms with van der Waals surface area (Å²) in [6, 6.07) is 15.8. The number of thioether (sulfide) groups is 1. The zero-order chi connectivity index (χ0) is 21.6. The topological polar surface area (TPSA) is 82.2 Å². The minimum absolute atomic E-state index is 0.0890. The zero-order valence-corrected chi connectivity index (χ0v) is 18.3. The van der Waals surface area contributed by atoms with Gasteiger partial charge >= 0.3 is 0 Å². The Kier molecular flexibility index (Phi) is 6.69. The molecule has 2 aromatic heterocycles. The van der Waals surface area contributed by atoms with E-state index in [9.17, 15) is 4.79 Å². The molecule has 0 aliphatic heterocycles. The Morgan fingerprint density at radius 1 is 1.16 bits per heavy atom. The Bertz CT molecular complexity index is 1180. The fraction of sp³-hybridized carbons (Fsp3) is 0.261. The van der Waals surface area contributed by atoms with Crippen molar-refractivity contribution in [3.8, 4) is 11.4 Å². The minimum Gasteiger partial charge on any atom is -0.469 e. The molecule has 0 radical (unpaired) electrons. The molecule has 1 amide bonds. The lowest BCUT2D eigenvalue weighted by molar-refractivity contribution is -0.113. The van der Waals surface area contributed by atoms with E-state index in [2.05, 4.69) is 15.5 Å². The van der Waals surface area contributed by atoms with Gasteiger partial charge in [0.25, 0.3) is 0 Å². The fourth-order valence-electron chi connectivity index (χ4n) is 3.43. The third-order valence-electron chi connectivity index (χ3n) is 4.94. The summed E-state index contributed by atoms with van der Waals surface area (Å²) in [5.74, 6) is 1.66. The number of hydrogen-bond acceptors (Lipinski definition) is 6. The lowest BCUT2D eigenvalue weighted by Crippen LogP contribution is -2.15. The smallest absolute Gasteiger partial charge is 0.234 e. The summed E-state index contributed by atoms with van der Waals surface area (Å²) < 4.78 is 12.6. The van der Waals surface area contributed by atoms with Gasteiger partial charge in [0, 0.05) is 31.3 Å². The number of hydrogen-bond donors (Lipinski definition) is 1. The van der Waals surface area contributed by atoms with Gasteiger partial charge in [0.2, 0.25) is 5.91 Å². The second-order valence-corrected chi connectivity index (χ2v) is 8.00. The van der Waals surface area contributed by atoms with E-state index in [1.165, 1.54) is 11.8 Å². The second-order valence-electron chi connectivity index (χ2n) is 7.06. The van der Waals surface area contributed by atoms with Crippen molar-refractivity contribution in [1.82, 2.24) is 14.8 Å². The van der Waals surface area contributed by atoms with Gasteiger partial charge in [-0.15, -0.1) is 10.2 Å². The number of rotatable bonds is 9. The summed E-state index contributed by atoms with van der Waals surface area (Å²) in [5, 5.41) is 14.5. The van der Waals surface area contributed by atoms with Crippen LogP contribution in [-0.4, -0.2) is 40.1 Å². The van der Waals surface area contributed by atoms with Crippen molar-refractivity contribution in [3.63, 3.8) is 0 Å². The van der Waals surface area contributed by atoms with Gasteiger partial charge in [0.05, 0.1) is 17.6 Å². The number of aryl methyl sites for hydroxylation is 1. The molecule has 0 unspecified atom stereocenters. The first-order valence-electron chi connectivity index (χ1n) is 10.0. The van der Waals surface area contributed by atoms with Crippen molar-refractivity contribution in [2.45, 2.75) is 25.0 Å². The fourth-order valence-corrected chi connectivity index (χ4v) is 4.20. The van der Waals surface area contributed by atoms with Gasteiger partial charge in [-0.25, -0.2) is 0 Å². The standard InChI is InChI=1S/C23H24N4O3S/c1-16-18(11-14-30-16)22-25-26-23(27(22)12-6-13-29-2)31-15-21(28)24-20-10-5-8-17-7-3-4-9-19(17)20/h3-5,7-11,14H,6,12-13,15H2,1-2H3,(H,24,28). The molecule has 31 heavy (non-hydrogen) atoms. The van der Waals surface area contributed by atoms with Gasteiger partial charge in [0.1, 0.15) is 5.76 Å². The highest BCUT2D eigenvalue weighted by molar-refractivity contribution is 7.99. The molecule has 4 rings (SSSR count). The molecule has 0 atom stereocenters. The number of anilines is 1. The maximum absolute atomic E-state index is 12.7. The van der Waals surface area contributed by atoms with Crippen LogP contribution < -0.4 is 5.32 Å². The number of furan rings is 1. The molecule has 0 bridgehead atoms. The maximum atomic E-state index is 12.7. The highest BCUT2D eigenvalue weighted by Crippen LogP contribution is 2.28. The van der Waals surface area contributed by atoms with Crippen molar-refractivity contribution < 1.29 is 13.9 Å². The Balaban J connectivity index is 1.49. The van der Waals surface area contributed by atoms with E-state index in [1.54, 1.807) is 13.4 Å². The number of carbonyl (C=O) groups is 1. The first-order chi connectivity index (χ1) is 15.2. The predicted octanol–water partition coefficient (Wildman–Crippen LogP) is 4.77. The molecule has 4 aromatic rings. The molecule has 0 aliphatic carbocycles. The maximum Gasteiger partial charge on any atom is 0.234 e. The van der Waals surface area contributed by atoms with Gasteiger partial charge in [-0.2, -0.15) is 0 Å². The highest BCUT2D eigenvalue weighted by Gasteiger charge is 2.18. The first kappa shape index (κ1) is 21.1. The Hall–Kier alpha value is -3.10. The summed E-state index contributed by atoms with van der Waals surface area (Å²) in [5.41, 5.74) is 1.71. The molecule has 1 N–H and O–H groups in total. The van der Waals surface area contributed by atoms with E-state index in [-0.39, 0.29) is 11.7 Å². The number of fused-ring (bicyclic) bond motifs is 1. The summed E-state index contributed by atoms with van der Waals surface area (Å²) in [6.45, 7) is 3.22. The molecule has 8 heteroatoms. The molecule has 2 heterocycles. The summed E-state index contributed by atoms with van der Waals surface area (Å²) in [6.07, 6.45) is 2.46. The van der Waals surface area contributed by atoms with E-state index in [1.807, 2.05) is 60.0 Å². The molecule has 0 saturated heterocycles. The van der Waals surface area contributed by atoms with Crippen LogP contribution >= 0.6 is 11.8 Å². The quantitative estimate of drug-likeness (QED) is 0.301. The van der Waals surface area contributed by atoms with E-state index in [0.29, 0.717) is 18.3 Å². The number of carbonyl (C=O) groups excluding carboxylic acids is 1. The number of nitrogens with zero attached hydrogens (tertiary/aromatic N) is 3. The highest BCUT2D eigenvalue weighted by atomic mass is 32.2. The number of methoxy groups -OCH3 is 1. The van der Waals surface area contributed by atoms with Crippen molar-refractivity contribution in [1.29, 1.82) is 0 Å². The van der Waals surface area contributed by atoms with Crippen LogP contribution in [0.25, 0.3) is 22.2 Å². The molecule has 0 spiro atoms. The van der Waals surface area contributed by atoms with E-state index in [4.69, 9.17) is 9.15 Å². The third kappa shape index (κ3) is 4.81. The Labute approximate surface area is 184 Å². The summed E-state index contributed by atoms with van der Waals surface area (Å²) in [4.78, 5) is 12.7. The van der Waals surface area contributed by atoms with Crippen LogP contribution in [0.4, 0.5) is 5.69 Å². The molecular weight excluding hydrogens is 412 g/mol. The largest absolute Gasteiger partial charge is 0.469 e. The molecule has 0 fully saturated rings. The average Bonchev–Trinajstić information content (AvgIpc) is 3.38. The number of benzene rings is 2. The van der Waals surface area contributed by atoms with Crippen LogP contribution in [0.15, 0.2) is 64.4 Å². The summed E-state index contributed by atoms with van der Waals surface area (Å²) >= 11 is 1.37. The van der Waals surface area contributed by atoms with Crippen LogP contribution in [-0.2, 0) is 16.1 Å². The Morgan fingerprint density at radius 2 is 2.00 bits per heavy atom. The molecular formula is C23H24N4O3S. The van der Waals surface area contributed by atoms with Crippen LogP contribution in [0, 0.1) is 6.92 Å². The minimum atomic E-state index is -0.0890. The van der Waals surface area contributed by atoms with Crippen LogP contribution in [0.5, 0.6) is 0 Å². The van der Waals surface area contributed by atoms with E-state index in [0.717, 1.165) is 40.0 Å². The van der Waals surface area contributed by atoms with Gasteiger partial charge in [0.15, 0.2) is 11.0 Å². The Morgan fingerprint density at radius 3 is 2.81 bits per heavy atom. The molecule has 0 aliphatic rings. The van der Waals surface area contributed by atoms with Crippen molar-refractivity contribution in [2.75, 3.05) is 24.8 Å². The number of nitrogens with one attached hydrogen (secondary N) is 1. The molecule has 7 nitrogen and oxygen atoms in total. The van der Waals surface area contributed by atoms with Gasteiger partial charge < -0.3 is 19.0 Å². The molecule has 160 valence electrons. The van der Waals surface area contributed by atoms with Crippen LogP contribution in [0.3, 0.4) is 0 Å². The van der Waals surface area contributed by atoms with Crippen LogP contribution in [0.2, 0.25) is 0 Å². The lowest BCUT2D eigenvalue weighted by Gasteiger charge is -2.10. The van der Waals surface area contributed by atoms with Crippen LogP contribution in [0.1, 0.15) is 12.2 Å². The molecule has 2 aromatic carbocycles. The molecule has 0 saturated carbocycles. The first-order valence-corrected chi connectivity index (χ1v) is 11.0. The number of ether oxygens (including phenoxy) is 1. The van der Waals surface area contributed by atoms with Gasteiger partial charge in [-0.05, 0) is 30.9 Å². The zero-order valence-electron chi connectivity index (χ0n) is 17.5. The van der Waals surface area contributed by atoms with Gasteiger partial charge in [-0.3, -0.25) is 4.79 Å². The number of amides is 1. The summed E-state index contributed by atoms with van der Waals surface area (Å²) in [7, 11) is 1.68. The monoisotopic (exact) mass is 436 g/mol. The second kappa shape index (κ2) is 9.80. The third-order valence-corrected chi connectivity index (χ3v) is 5.91. The lowest BCUT2D eigenvalue weighted by atomic mass is 10.1. The number of aromatic nitrogens is 3.